The van der Waals surface area contributed by atoms with Gasteiger partial charge in [-0.05, 0) is 36.8 Å². The van der Waals surface area contributed by atoms with Crippen molar-refractivity contribution in [3.8, 4) is 11.5 Å². The highest BCUT2D eigenvalue weighted by Crippen LogP contribution is 2.31. The number of methoxy groups -OCH3 is 2. The lowest BCUT2D eigenvalue weighted by atomic mass is 10.1. The van der Waals surface area contributed by atoms with Crippen molar-refractivity contribution in [2.24, 2.45) is 0 Å². The van der Waals surface area contributed by atoms with Gasteiger partial charge >= 0.3 is 0 Å². The SMILES string of the molecule is COc1ccc(NC(C)c2ccc(Cl)c(F)c2)cc1OC. The fraction of sp³-hybridized carbons (Fsp3) is 0.250. The molecule has 0 spiro atoms. The van der Waals surface area contributed by atoms with Gasteiger partial charge in [-0.3, -0.25) is 0 Å². The van der Waals surface area contributed by atoms with E-state index in [9.17, 15) is 4.39 Å². The molecule has 3 nitrogen and oxygen atoms in total. The number of anilines is 1. The molecule has 1 unspecified atom stereocenters. The number of hydrogen-bond donors (Lipinski definition) is 1. The number of rotatable bonds is 5. The summed E-state index contributed by atoms with van der Waals surface area (Å²) in [6, 6.07) is 10.2. The van der Waals surface area contributed by atoms with Crippen LogP contribution in [-0.2, 0) is 0 Å². The van der Waals surface area contributed by atoms with Crippen LogP contribution in [-0.4, -0.2) is 14.2 Å². The standard InChI is InChI=1S/C16H17ClFNO2/c1-10(11-4-6-13(17)14(18)8-11)19-12-5-7-15(20-2)16(9-12)21-3/h4-10,19H,1-3H3. The van der Waals surface area contributed by atoms with E-state index in [1.165, 1.54) is 6.07 Å². The summed E-state index contributed by atoms with van der Waals surface area (Å²) in [5.41, 5.74) is 1.67. The lowest BCUT2D eigenvalue weighted by Gasteiger charge is -2.17. The van der Waals surface area contributed by atoms with E-state index in [0.717, 1.165) is 11.3 Å². The van der Waals surface area contributed by atoms with Crippen LogP contribution >= 0.6 is 11.6 Å². The molecular formula is C16H17ClFNO2. The summed E-state index contributed by atoms with van der Waals surface area (Å²) in [6.45, 7) is 1.94. The van der Waals surface area contributed by atoms with Crippen LogP contribution in [0.1, 0.15) is 18.5 Å². The second kappa shape index (κ2) is 6.68. The van der Waals surface area contributed by atoms with Gasteiger partial charge < -0.3 is 14.8 Å². The molecule has 21 heavy (non-hydrogen) atoms. The fourth-order valence-electron chi connectivity index (χ4n) is 2.04. The molecule has 1 atom stereocenters. The molecule has 112 valence electrons. The second-order valence-corrected chi connectivity index (χ2v) is 5.02. The van der Waals surface area contributed by atoms with Crippen molar-refractivity contribution in [1.29, 1.82) is 0 Å². The molecule has 0 aromatic heterocycles. The van der Waals surface area contributed by atoms with E-state index in [0.29, 0.717) is 11.5 Å². The van der Waals surface area contributed by atoms with E-state index in [-0.39, 0.29) is 11.1 Å². The van der Waals surface area contributed by atoms with Crippen molar-refractivity contribution in [3.05, 3.63) is 52.8 Å². The summed E-state index contributed by atoms with van der Waals surface area (Å²) in [4.78, 5) is 0. The molecule has 0 saturated carbocycles. The normalized spacial score (nSPS) is 11.9. The minimum atomic E-state index is -0.421. The Labute approximate surface area is 128 Å². The van der Waals surface area contributed by atoms with Gasteiger partial charge in [0.25, 0.3) is 0 Å². The van der Waals surface area contributed by atoms with Gasteiger partial charge in [-0.25, -0.2) is 4.39 Å². The second-order valence-electron chi connectivity index (χ2n) is 4.61. The predicted octanol–water partition coefficient (Wildman–Crippen LogP) is 4.67. The third-order valence-corrected chi connectivity index (χ3v) is 3.52. The summed E-state index contributed by atoms with van der Waals surface area (Å²) in [7, 11) is 3.17. The highest BCUT2D eigenvalue weighted by Gasteiger charge is 2.10. The quantitative estimate of drug-likeness (QED) is 0.870. The Bertz CT molecular complexity index is 634. The van der Waals surface area contributed by atoms with Crippen molar-refractivity contribution in [1.82, 2.24) is 0 Å². The third-order valence-electron chi connectivity index (χ3n) is 3.21. The molecule has 0 amide bonds. The van der Waals surface area contributed by atoms with Crippen LogP contribution in [0, 0.1) is 5.82 Å². The molecule has 0 fully saturated rings. The average molecular weight is 310 g/mol. The predicted molar refractivity (Wildman–Crippen MR) is 83.0 cm³/mol. The number of benzene rings is 2. The summed E-state index contributed by atoms with van der Waals surface area (Å²) >= 11 is 5.69. The van der Waals surface area contributed by atoms with Gasteiger partial charge in [0.05, 0.1) is 19.2 Å². The van der Waals surface area contributed by atoms with Gasteiger partial charge in [0, 0.05) is 17.8 Å². The molecule has 1 N–H and O–H groups in total. The van der Waals surface area contributed by atoms with Gasteiger partial charge in [0.1, 0.15) is 5.82 Å². The Morgan fingerprint density at radius 3 is 2.38 bits per heavy atom. The minimum absolute atomic E-state index is 0.0742. The van der Waals surface area contributed by atoms with E-state index in [1.54, 1.807) is 26.4 Å². The summed E-state index contributed by atoms with van der Waals surface area (Å²) in [5, 5.41) is 3.41. The monoisotopic (exact) mass is 309 g/mol. The highest BCUT2D eigenvalue weighted by atomic mass is 35.5. The van der Waals surface area contributed by atoms with Gasteiger partial charge in [0.15, 0.2) is 11.5 Å². The van der Waals surface area contributed by atoms with Crippen LogP contribution in [0.5, 0.6) is 11.5 Å². The molecule has 0 saturated heterocycles. The van der Waals surface area contributed by atoms with Gasteiger partial charge in [-0.15, -0.1) is 0 Å². The van der Waals surface area contributed by atoms with Gasteiger partial charge in [-0.2, -0.15) is 0 Å². The summed E-state index contributed by atoms with van der Waals surface area (Å²) in [6.07, 6.45) is 0. The maximum Gasteiger partial charge on any atom is 0.162 e. The van der Waals surface area contributed by atoms with E-state index >= 15 is 0 Å². The lowest BCUT2D eigenvalue weighted by Crippen LogP contribution is -2.07. The van der Waals surface area contributed by atoms with Crippen LogP contribution < -0.4 is 14.8 Å². The highest BCUT2D eigenvalue weighted by molar-refractivity contribution is 6.30. The number of nitrogens with one attached hydrogen (secondary N) is 1. The Kier molecular flexibility index (Phi) is 4.91. The van der Waals surface area contributed by atoms with Crippen LogP contribution in [0.4, 0.5) is 10.1 Å². The average Bonchev–Trinajstić information content (AvgIpc) is 2.49. The summed E-state index contributed by atoms with van der Waals surface area (Å²) in [5.74, 6) is 0.875. The van der Waals surface area contributed by atoms with Crippen LogP contribution in [0.3, 0.4) is 0 Å². The molecule has 2 aromatic rings. The van der Waals surface area contributed by atoms with Gasteiger partial charge in [-0.1, -0.05) is 17.7 Å². The molecule has 2 rings (SSSR count). The Morgan fingerprint density at radius 2 is 1.76 bits per heavy atom. The van der Waals surface area contributed by atoms with Crippen LogP contribution in [0.15, 0.2) is 36.4 Å². The maximum atomic E-state index is 13.5. The number of ether oxygens (including phenoxy) is 2. The van der Waals surface area contributed by atoms with Gasteiger partial charge in [0.2, 0.25) is 0 Å². The Balaban J connectivity index is 2.18. The summed E-state index contributed by atoms with van der Waals surface area (Å²) < 4.78 is 23.9. The zero-order valence-corrected chi connectivity index (χ0v) is 12.9. The van der Waals surface area contributed by atoms with E-state index in [4.69, 9.17) is 21.1 Å². The lowest BCUT2D eigenvalue weighted by molar-refractivity contribution is 0.355. The van der Waals surface area contributed by atoms with Crippen molar-refractivity contribution < 1.29 is 13.9 Å². The topological polar surface area (TPSA) is 30.5 Å². The first-order valence-corrected chi connectivity index (χ1v) is 6.86. The van der Waals surface area contributed by atoms with Crippen LogP contribution in [0.25, 0.3) is 0 Å². The zero-order valence-electron chi connectivity index (χ0n) is 12.1. The fourth-order valence-corrected chi connectivity index (χ4v) is 2.16. The molecule has 0 aliphatic rings. The molecule has 0 heterocycles. The van der Waals surface area contributed by atoms with Crippen molar-refractivity contribution in [2.75, 3.05) is 19.5 Å². The van der Waals surface area contributed by atoms with E-state index in [2.05, 4.69) is 5.32 Å². The first-order valence-electron chi connectivity index (χ1n) is 6.48. The van der Waals surface area contributed by atoms with Crippen molar-refractivity contribution in [3.63, 3.8) is 0 Å². The third kappa shape index (κ3) is 3.58. The number of halogens is 2. The first-order chi connectivity index (χ1) is 10.0. The minimum Gasteiger partial charge on any atom is -0.493 e. The molecule has 0 radical (unpaired) electrons. The smallest absolute Gasteiger partial charge is 0.162 e. The Hall–Kier alpha value is -1.94. The zero-order chi connectivity index (χ0) is 15.4. The van der Waals surface area contributed by atoms with Crippen molar-refractivity contribution in [2.45, 2.75) is 13.0 Å². The number of hydrogen-bond acceptors (Lipinski definition) is 3. The molecular weight excluding hydrogens is 293 g/mol. The molecule has 0 aliphatic heterocycles. The van der Waals surface area contributed by atoms with Crippen LogP contribution in [0.2, 0.25) is 5.02 Å². The molecule has 0 aliphatic carbocycles. The first kappa shape index (κ1) is 15.4. The molecule has 5 heteroatoms. The van der Waals surface area contributed by atoms with Crippen molar-refractivity contribution >= 4 is 17.3 Å². The van der Waals surface area contributed by atoms with E-state index < -0.39 is 5.82 Å². The Morgan fingerprint density at radius 1 is 1.05 bits per heavy atom. The molecule has 0 bridgehead atoms. The largest absolute Gasteiger partial charge is 0.493 e. The van der Waals surface area contributed by atoms with E-state index in [1.807, 2.05) is 25.1 Å². The maximum absolute atomic E-state index is 13.5. The molecule has 2 aromatic carbocycles.